The number of aryl methyl sites for hydroxylation is 1. The van der Waals surface area contributed by atoms with Crippen molar-refractivity contribution in [3.05, 3.63) is 113 Å². The highest BCUT2D eigenvalue weighted by Crippen LogP contribution is 2.27. The fourth-order valence-corrected chi connectivity index (χ4v) is 3.98. The van der Waals surface area contributed by atoms with Crippen molar-refractivity contribution in [1.82, 2.24) is 15.1 Å². The number of benzene rings is 3. The van der Waals surface area contributed by atoms with Gasteiger partial charge in [0.25, 0.3) is 5.91 Å². The zero-order chi connectivity index (χ0) is 26.6. The van der Waals surface area contributed by atoms with Crippen LogP contribution >= 0.6 is 0 Å². The zero-order valence-electron chi connectivity index (χ0n) is 21.5. The van der Waals surface area contributed by atoms with Gasteiger partial charge in [0.15, 0.2) is 0 Å². The molecule has 190 valence electrons. The van der Waals surface area contributed by atoms with E-state index in [9.17, 15) is 14.0 Å². The summed E-state index contributed by atoms with van der Waals surface area (Å²) in [5.41, 5.74) is 3.13. The summed E-state index contributed by atoms with van der Waals surface area (Å²) in [6.07, 6.45) is 0.234. The Kier molecular flexibility index (Phi) is 7.53. The quantitative estimate of drug-likeness (QED) is 0.348. The molecule has 2 N–H and O–H groups in total. The number of nitrogens with zero attached hydrogens (tertiary/aromatic N) is 2. The molecule has 1 atom stereocenters. The van der Waals surface area contributed by atoms with Gasteiger partial charge in [-0.1, -0.05) is 81.4 Å². The molecule has 1 unspecified atom stereocenters. The van der Waals surface area contributed by atoms with E-state index in [4.69, 9.17) is 5.10 Å². The highest BCUT2D eigenvalue weighted by Gasteiger charge is 2.27. The molecule has 4 rings (SSSR count). The van der Waals surface area contributed by atoms with Crippen LogP contribution in [0.1, 0.15) is 48.0 Å². The molecular formula is C30H31FN4O2. The minimum atomic E-state index is -0.951. The predicted molar refractivity (Wildman–Crippen MR) is 143 cm³/mol. The van der Waals surface area contributed by atoms with Gasteiger partial charge in [-0.25, -0.2) is 9.07 Å². The topological polar surface area (TPSA) is 76.0 Å². The lowest BCUT2D eigenvalue weighted by Gasteiger charge is -2.19. The molecule has 2 amide bonds. The average molecular weight is 499 g/mol. The Labute approximate surface area is 216 Å². The number of aromatic nitrogens is 2. The van der Waals surface area contributed by atoms with Crippen LogP contribution in [-0.4, -0.2) is 27.6 Å². The molecule has 0 bridgehead atoms. The summed E-state index contributed by atoms with van der Waals surface area (Å²) in [6, 6.07) is 23.8. The Morgan fingerprint density at radius 2 is 1.59 bits per heavy atom. The van der Waals surface area contributed by atoms with Crippen LogP contribution in [0.3, 0.4) is 0 Å². The Hall–Kier alpha value is -4.26. The molecule has 7 heteroatoms. The summed E-state index contributed by atoms with van der Waals surface area (Å²) in [6.45, 7) is 8.13. The molecule has 0 saturated heterocycles. The first-order valence-electron chi connectivity index (χ1n) is 12.2. The van der Waals surface area contributed by atoms with Gasteiger partial charge in [-0.3, -0.25) is 9.59 Å². The van der Waals surface area contributed by atoms with E-state index in [1.807, 2.05) is 67.6 Å². The average Bonchev–Trinajstić information content (AvgIpc) is 3.29. The SMILES string of the molecule is Cc1ccccc1-n1nc(C(C)(C)C)cc1NC(=O)C(Cc1ccccc1)NC(=O)c1ccccc1F. The number of carbonyl (C=O) groups excluding carboxylic acids is 2. The molecule has 6 nitrogen and oxygen atoms in total. The molecule has 0 aliphatic carbocycles. The number of anilines is 1. The lowest BCUT2D eigenvalue weighted by molar-refractivity contribution is -0.118. The third-order valence-electron chi connectivity index (χ3n) is 6.10. The minimum absolute atomic E-state index is 0.117. The Morgan fingerprint density at radius 3 is 2.27 bits per heavy atom. The molecule has 37 heavy (non-hydrogen) atoms. The zero-order valence-corrected chi connectivity index (χ0v) is 21.5. The summed E-state index contributed by atoms with van der Waals surface area (Å²) in [5, 5.41) is 10.5. The van der Waals surface area contributed by atoms with Gasteiger partial charge in [0, 0.05) is 17.9 Å². The highest BCUT2D eigenvalue weighted by atomic mass is 19.1. The van der Waals surface area contributed by atoms with E-state index >= 15 is 0 Å². The maximum atomic E-state index is 14.3. The number of para-hydroxylation sites is 1. The fourth-order valence-electron chi connectivity index (χ4n) is 3.98. The molecule has 1 aromatic heterocycles. The second kappa shape index (κ2) is 10.8. The van der Waals surface area contributed by atoms with Gasteiger partial charge < -0.3 is 10.6 Å². The first kappa shape index (κ1) is 25.8. The van der Waals surface area contributed by atoms with Gasteiger partial charge in [0.1, 0.15) is 17.7 Å². The van der Waals surface area contributed by atoms with Gasteiger partial charge in [-0.15, -0.1) is 0 Å². The van der Waals surface area contributed by atoms with Crippen molar-refractivity contribution in [2.75, 3.05) is 5.32 Å². The fraction of sp³-hybridized carbons (Fsp3) is 0.233. The van der Waals surface area contributed by atoms with Crippen LogP contribution in [0.15, 0.2) is 84.9 Å². The smallest absolute Gasteiger partial charge is 0.254 e. The van der Waals surface area contributed by atoms with Crippen molar-refractivity contribution in [3.8, 4) is 5.69 Å². The first-order valence-corrected chi connectivity index (χ1v) is 12.2. The molecule has 0 aliphatic heterocycles. The Morgan fingerprint density at radius 1 is 0.946 bits per heavy atom. The molecule has 0 aliphatic rings. The van der Waals surface area contributed by atoms with E-state index in [1.165, 1.54) is 18.2 Å². The minimum Gasteiger partial charge on any atom is -0.340 e. The van der Waals surface area contributed by atoms with Crippen LogP contribution in [-0.2, 0) is 16.6 Å². The summed E-state index contributed by atoms with van der Waals surface area (Å²) < 4.78 is 16.0. The van der Waals surface area contributed by atoms with Gasteiger partial charge in [0.2, 0.25) is 5.91 Å². The Balaban J connectivity index is 1.68. The van der Waals surface area contributed by atoms with Crippen molar-refractivity contribution in [2.24, 2.45) is 0 Å². The number of halogens is 1. The summed E-state index contributed by atoms with van der Waals surface area (Å²) in [7, 11) is 0. The maximum Gasteiger partial charge on any atom is 0.254 e. The number of hydrogen-bond acceptors (Lipinski definition) is 3. The number of rotatable bonds is 7. The number of nitrogens with one attached hydrogen (secondary N) is 2. The first-order chi connectivity index (χ1) is 17.6. The van der Waals surface area contributed by atoms with Gasteiger partial charge in [0.05, 0.1) is 16.9 Å². The van der Waals surface area contributed by atoms with E-state index < -0.39 is 23.7 Å². The van der Waals surface area contributed by atoms with E-state index in [1.54, 1.807) is 10.7 Å². The number of carbonyl (C=O) groups is 2. The summed E-state index contributed by atoms with van der Waals surface area (Å²) in [4.78, 5) is 26.6. The van der Waals surface area contributed by atoms with Gasteiger partial charge in [-0.2, -0.15) is 5.10 Å². The van der Waals surface area contributed by atoms with E-state index in [-0.39, 0.29) is 17.4 Å². The van der Waals surface area contributed by atoms with Crippen LogP contribution < -0.4 is 10.6 Å². The monoisotopic (exact) mass is 498 g/mol. The van der Waals surface area contributed by atoms with Crippen LogP contribution in [0.5, 0.6) is 0 Å². The van der Waals surface area contributed by atoms with Crippen LogP contribution in [0.2, 0.25) is 0 Å². The van der Waals surface area contributed by atoms with Crippen LogP contribution in [0.25, 0.3) is 5.69 Å². The largest absolute Gasteiger partial charge is 0.340 e. The van der Waals surface area contributed by atoms with E-state index in [0.717, 1.165) is 22.5 Å². The van der Waals surface area contributed by atoms with Gasteiger partial charge >= 0.3 is 0 Å². The normalized spacial score (nSPS) is 12.1. The second-order valence-corrected chi connectivity index (χ2v) is 10.0. The number of hydrogen-bond donors (Lipinski definition) is 2. The third kappa shape index (κ3) is 6.12. The van der Waals surface area contributed by atoms with E-state index in [2.05, 4.69) is 31.4 Å². The Bertz CT molecular complexity index is 1410. The summed E-state index contributed by atoms with van der Waals surface area (Å²) >= 11 is 0. The number of amides is 2. The molecule has 0 spiro atoms. The summed E-state index contributed by atoms with van der Waals surface area (Å²) in [5.74, 6) is -1.24. The van der Waals surface area contributed by atoms with Crippen molar-refractivity contribution in [2.45, 2.75) is 45.6 Å². The highest BCUT2D eigenvalue weighted by molar-refractivity contribution is 6.01. The predicted octanol–water partition coefficient (Wildman–Crippen LogP) is 5.60. The molecule has 0 radical (unpaired) electrons. The van der Waals surface area contributed by atoms with Crippen molar-refractivity contribution >= 4 is 17.6 Å². The van der Waals surface area contributed by atoms with Gasteiger partial charge in [-0.05, 0) is 36.2 Å². The van der Waals surface area contributed by atoms with Crippen LogP contribution in [0, 0.1) is 12.7 Å². The molecule has 4 aromatic rings. The standard InChI is InChI=1S/C30H31FN4O2/c1-20-12-8-11-17-25(20)35-27(19-26(34-35)30(2,3)4)33-29(37)24(18-21-13-6-5-7-14-21)32-28(36)22-15-9-10-16-23(22)31/h5-17,19,24H,18H2,1-4H3,(H,32,36)(H,33,37). The van der Waals surface area contributed by atoms with Crippen molar-refractivity contribution in [3.63, 3.8) is 0 Å². The molecule has 1 heterocycles. The lowest BCUT2D eigenvalue weighted by atomic mass is 9.92. The van der Waals surface area contributed by atoms with Crippen LogP contribution in [0.4, 0.5) is 10.2 Å². The third-order valence-corrected chi connectivity index (χ3v) is 6.10. The lowest BCUT2D eigenvalue weighted by Crippen LogP contribution is -2.45. The second-order valence-electron chi connectivity index (χ2n) is 10.0. The van der Waals surface area contributed by atoms with Crippen molar-refractivity contribution in [1.29, 1.82) is 0 Å². The molecular weight excluding hydrogens is 467 g/mol. The molecule has 0 saturated carbocycles. The van der Waals surface area contributed by atoms with E-state index in [0.29, 0.717) is 5.82 Å². The maximum absolute atomic E-state index is 14.3. The molecule has 0 fully saturated rings. The van der Waals surface area contributed by atoms with Crippen molar-refractivity contribution < 1.29 is 14.0 Å². The molecule has 3 aromatic carbocycles.